The van der Waals surface area contributed by atoms with E-state index in [1.54, 1.807) is 0 Å². The molecule has 0 aliphatic heterocycles. The highest BCUT2D eigenvalue weighted by Crippen LogP contribution is 1.92. The first-order valence-electron chi connectivity index (χ1n) is 2.92. The SMILES string of the molecule is C=CC(=O)N(C=C)C(=O)C=C. The minimum absolute atomic E-state index is 0.509. The molecule has 0 rings (SSSR count). The highest BCUT2D eigenvalue weighted by molar-refractivity contribution is 6.05. The van der Waals surface area contributed by atoms with Crippen LogP contribution in [0, 0.1) is 0 Å². The monoisotopic (exact) mass is 151 g/mol. The van der Waals surface area contributed by atoms with Crippen molar-refractivity contribution in [1.82, 2.24) is 4.90 Å². The zero-order valence-corrected chi connectivity index (χ0v) is 6.12. The standard InChI is InChI=1S/C8H9NO2/c1-4-7(10)9(6-3)8(11)5-2/h4-6H,1-3H2. The molecule has 0 aliphatic rings. The van der Waals surface area contributed by atoms with Crippen LogP contribution < -0.4 is 0 Å². The topological polar surface area (TPSA) is 37.4 Å². The van der Waals surface area contributed by atoms with Crippen LogP contribution in [0.25, 0.3) is 0 Å². The Morgan fingerprint density at radius 3 is 1.55 bits per heavy atom. The Balaban J connectivity index is 4.51. The van der Waals surface area contributed by atoms with Crippen molar-refractivity contribution in [2.24, 2.45) is 0 Å². The van der Waals surface area contributed by atoms with Gasteiger partial charge in [-0.15, -0.1) is 0 Å². The average molecular weight is 151 g/mol. The molecule has 11 heavy (non-hydrogen) atoms. The molecule has 0 aromatic heterocycles. The summed E-state index contributed by atoms with van der Waals surface area (Å²) in [5.41, 5.74) is 0. The minimum atomic E-state index is -0.509. The number of imide groups is 1. The van der Waals surface area contributed by atoms with Crippen molar-refractivity contribution in [3.05, 3.63) is 38.1 Å². The maximum absolute atomic E-state index is 10.8. The molecule has 2 amide bonds. The Bertz CT molecular complexity index is 198. The van der Waals surface area contributed by atoms with Crippen LogP contribution in [0.1, 0.15) is 0 Å². The summed E-state index contributed by atoms with van der Waals surface area (Å²) >= 11 is 0. The summed E-state index contributed by atoms with van der Waals surface area (Å²) in [6, 6.07) is 0. The van der Waals surface area contributed by atoms with Gasteiger partial charge in [0.2, 0.25) is 0 Å². The lowest BCUT2D eigenvalue weighted by Gasteiger charge is -2.09. The zero-order valence-electron chi connectivity index (χ0n) is 6.12. The van der Waals surface area contributed by atoms with E-state index in [0.29, 0.717) is 0 Å². The Hall–Kier alpha value is -1.64. The highest BCUT2D eigenvalue weighted by Gasteiger charge is 2.11. The van der Waals surface area contributed by atoms with Crippen molar-refractivity contribution < 1.29 is 9.59 Å². The van der Waals surface area contributed by atoms with E-state index in [0.717, 1.165) is 23.3 Å². The van der Waals surface area contributed by atoms with E-state index in [9.17, 15) is 9.59 Å². The van der Waals surface area contributed by atoms with Crippen LogP contribution in [-0.4, -0.2) is 16.7 Å². The van der Waals surface area contributed by atoms with Crippen LogP contribution in [0.3, 0.4) is 0 Å². The van der Waals surface area contributed by atoms with Gasteiger partial charge in [-0.2, -0.15) is 0 Å². The van der Waals surface area contributed by atoms with Gasteiger partial charge < -0.3 is 0 Å². The molecule has 0 atom stereocenters. The Kier molecular flexibility index (Phi) is 3.59. The van der Waals surface area contributed by atoms with Crippen LogP contribution >= 0.6 is 0 Å². The van der Waals surface area contributed by atoms with Gasteiger partial charge >= 0.3 is 0 Å². The highest BCUT2D eigenvalue weighted by atomic mass is 16.2. The predicted octanol–water partition coefficient (Wildman–Crippen LogP) is 0.857. The molecule has 3 nitrogen and oxygen atoms in total. The summed E-state index contributed by atoms with van der Waals surface area (Å²) in [5, 5.41) is 0. The van der Waals surface area contributed by atoms with Gasteiger partial charge in [-0.1, -0.05) is 19.7 Å². The van der Waals surface area contributed by atoms with E-state index < -0.39 is 11.8 Å². The van der Waals surface area contributed by atoms with Gasteiger partial charge in [-0.05, 0) is 12.2 Å². The predicted molar refractivity (Wildman–Crippen MR) is 42.4 cm³/mol. The molecule has 0 saturated heterocycles. The largest absolute Gasteiger partial charge is 0.269 e. The summed E-state index contributed by atoms with van der Waals surface area (Å²) in [4.78, 5) is 22.4. The molecule has 0 aliphatic carbocycles. The molecule has 0 saturated carbocycles. The second-order valence-corrected chi connectivity index (χ2v) is 1.64. The quantitative estimate of drug-likeness (QED) is 0.561. The molecular formula is C8H9NO2. The number of amides is 2. The third-order valence-electron chi connectivity index (χ3n) is 1.01. The zero-order chi connectivity index (χ0) is 8.85. The molecular weight excluding hydrogens is 142 g/mol. The van der Waals surface area contributed by atoms with E-state index in [2.05, 4.69) is 19.7 Å². The van der Waals surface area contributed by atoms with Crippen molar-refractivity contribution in [1.29, 1.82) is 0 Å². The third kappa shape index (κ3) is 2.21. The minimum Gasteiger partial charge on any atom is -0.269 e. The Morgan fingerprint density at radius 2 is 1.36 bits per heavy atom. The summed E-state index contributed by atoms with van der Waals surface area (Å²) in [6.07, 6.45) is 3.18. The molecule has 0 N–H and O–H groups in total. The number of carbonyl (C=O) groups is 2. The fourth-order valence-corrected chi connectivity index (χ4v) is 0.485. The van der Waals surface area contributed by atoms with Gasteiger partial charge in [-0.3, -0.25) is 14.5 Å². The molecule has 0 unspecified atom stereocenters. The maximum atomic E-state index is 10.8. The fourth-order valence-electron chi connectivity index (χ4n) is 0.485. The smallest absolute Gasteiger partial charge is 0.256 e. The molecule has 0 heterocycles. The number of hydrogen-bond acceptors (Lipinski definition) is 2. The number of hydrogen-bond donors (Lipinski definition) is 0. The van der Waals surface area contributed by atoms with Crippen LogP contribution in [0.15, 0.2) is 38.1 Å². The Labute approximate surface area is 65.3 Å². The van der Waals surface area contributed by atoms with Gasteiger partial charge in [0.25, 0.3) is 11.8 Å². The van der Waals surface area contributed by atoms with Crippen LogP contribution in [0.5, 0.6) is 0 Å². The first kappa shape index (κ1) is 9.36. The molecule has 0 fully saturated rings. The van der Waals surface area contributed by atoms with Gasteiger partial charge in [-0.25, -0.2) is 0 Å². The lowest BCUT2D eigenvalue weighted by Crippen LogP contribution is -2.28. The second-order valence-electron chi connectivity index (χ2n) is 1.64. The van der Waals surface area contributed by atoms with Crippen molar-refractivity contribution in [3.63, 3.8) is 0 Å². The van der Waals surface area contributed by atoms with E-state index in [1.165, 1.54) is 0 Å². The van der Waals surface area contributed by atoms with Crippen LogP contribution in [0.2, 0.25) is 0 Å². The summed E-state index contributed by atoms with van der Waals surface area (Å²) in [6.45, 7) is 9.73. The van der Waals surface area contributed by atoms with Crippen molar-refractivity contribution in [2.75, 3.05) is 0 Å². The van der Waals surface area contributed by atoms with E-state index in [4.69, 9.17) is 0 Å². The van der Waals surface area contributed by atoms with Gasteiger partial charge in [0.1, 0.15) is 0 Å². The fraction of sp³-hybridized carbons (Fsp3) is 0. The van der Waals surface area contributed by atoms with Crippen LogP contribution in [0.4, 0.5) is 0 Å². The molecule has 58 valence electrons. The van der Waals surface area contributed by atoms with E-state index in [1.807, 2.05) is 0 Å². The first-order valence-corrected chi connectivity index (χ1v) is 2.92. The van der Waals surface area contributed by atoms with Crippen molar-refractivity contribution in [2.45, 2.75) is 0 Å². The maximum Gasteiger partial charge on any atom is 0.256 e. The van der Waals surface area contributed by atoms with Crippen LogP contribution in [-0.2, 0) is 9.59 Å². The van der Waals surface area contributed by atoms with Crippen molar-refractivity contribution >= 4 is 11.8 Å². The lowest BCUT2D eigenvalue weighted by molar-refractivity contribution is -0.135. The molecule has 0 aromatic carbocycles. The average Bonchev–Trinajstić information content (AvgIpc) is 2.05. The summed E-state index contributed by atoms with van der Waals surface area (Å²) < 4.78 is 0. The van der Waals surface area contributed by atoms with Crippen molar-refractivity contribution in [3.8, 4) is 0 Å². The number of carbonyl (C=O) groups excluding carboxylic acids is 2. The third-order valence-corrected chi connectivity index (χ3v) is 1.01. The van der Waals surface area contributed by atoms with E-state index in [-0.39, 0.29) is 0 Å². The molecule has 3 heteroatoms. The summed E-state index contributed by atoms with van der Waals surface area (Å²) in [7, 11) is 0. The lowest BCUT2D eigenvalue weighted by atomic mass is 10.4. The number of rotatable bonds is 3. The first-order chi connectivity index (χ1) is 5.17. The molecule has 0 bridgehead atoms. The summed E-state index contributed by atoms with van der Waals surface area (Å²) in [5.74, 6) is -1.02. The molecule has 0 radical (unpaired) electrons. The second kappa shape index (κ2) is 4.22. The van der Waals surface area contributed by atoms with Gasteiger partial charge in [0, 0.05) is 6.20 Å². The molecule has 0 spiro atoms. The van der Waals surface area contributed by atoms with E-state index >= 15 is 0 Å². The normalized spacial score (nSPS) is 8.00. The van der Waals surface area contributed by atoms with Gasteiger partial charge in [0.05, 0.1) is 0 Å². The molecule has 0 aromatic rings. The Morgan fingerprint density at radius 1 is 1.00 bits per heavy atom. The van der Waals surface area contributed by atoms with Gasteiger partial charge in [0.15, 0.2) is 0 Å². The number of nitrogens with zero attached hydrogens (tertiary/aromatic N) is 1.